The SMILES string of the molecule is COc1cc(NC(=O)NCc2nn(Cc3ccccn3)c(=O)c3ccccc23)cc(OC)c1. The van der Waals surface area contributed by atoms with Crippen molar-refractivity contribution in [2.75, 3.05) is 19.5 Å². The molecular weight excluding hydrogens is 422 g/mol. The highest BCUT2D eigenvalue weighted by Gasteiger charge is 2.13. The maximum Gasteiger partial charge on any atom is 0.319 e. The molecule has 9 nitrogen and oxygen atoms in total. The Morgan fingerprint density at radius 2 is 1.67 bits per heavy atom. The monoisotopic (exact) mass is 445 g/mol. The Hall–Kier alpha value is -4.40. The van der Waals surface area contributed by atoms with Gasteiger partial charge in [-0.15, -0.1) is 0 Å². The maximum absolute atomic E-state index is 12.9. The number of benzene rings is 2. The second-order valence-corrected chi connectivity index (χ2v) is 7.19. The number of nitrogens with one attached hydrogen (secondary N) is 2. The summed E-state index contributed by atoms with van der Waals surface area (Å²) in [6, 6.07) is 17.3. The molecular formula is C24H23N5O4. The molecule has 2 N–H and O–H groups in total. The van der Waals surface area contributed by atoms with Gasteiger partial charge in [0.1, 0.15) is 11.5 Å². The summed E-state index contributed by atoms with van der Waals surface area (Å²) < 4.78 is 11.8. The van der Waals surface area contributed by atoms with E-state index in [1.54, 1.807) is 36.5 Å². The lowest BCUT2D eigenvalue weighted by atomic mass is 10.1. The van der Waals surface area contributed by atoms with E-state index in [1.165, 1.54) is 18.9 Å². The van der Waals surface area contributed by atoms with Crippen molar-refractivity contribution in [1.29, 1.82) is 0 Å². The number of amides is 2. The number of fused-ring (bicyclic) bond motifs is 1. The summed E-state index contributed by atoms with van der Waals surface area (Å²) in [6.45, 7) is 0.350. The van der Waals surface area contributed by atoms with Gasteiger partial charge in [0.05, 0.1) is 44.1 Å². The minimum atomic E-state index is -0.432. The van der Waals surface area contributed by atoms with E-state index in [0.717, 1.165) is 0 Å². The highest BCUT2D eigenvalue weighted by molar-refractivity contribution is 5.90. The second-order valence-electron chi connectivity index (χ2n) is 7.19. The van der Waals surface area contributed by atoms with Gasteiger partial charge in [0.2, 0.25) is 0 Å². The molecule has 2 heterocycles. The smallest absolute Gasteiger partial charge is 0.319 e. The second kappa shape index (κ2) is 9.82. The van der Waals surface area contributed by atoms with E-state index in [1.807, 2.05) is 30.3 Å². The molecule has 2 aromatic carbocycles. The van der Waals surface area contributed by atoms with E-state index in [4.69, 9.17) is 9.47 Å². The van der Waals surface area contributed by atoms with Crippen LogP contribution in [0.2, 0.25) is 0 Å². The van der Waals surface area contributed by atoms with Crippen LogP contribution in [0.25, 0.3) is 10.8 Å². The summed E-state index contributed by atoms with van der Waals surface area (Å²) in [5.74, 6) is 1.11. The van der Waals surface area contributed by atoms with Crippen LogP contribution in [0.1, 0.15) is 11.4 Å². The lowest BCUT2D eigenvalue weighted by Crippen LogP contribution is -2.31. The van der Waals surface area contributed by atoms with Crippen molar-refractivity contribution in [1.82, 2.24) is 20.1 Å². The number of methoxy groups -OCH3 is 2. The number of hydrogen-bond acceptors (Lipinski definition) is 6. The topological polar surface area (TPSA) is 107 Å². The van der Waals surface area contributed by atoms with Gasteiger partial charge >= 0.3 is 6.03 Å². The zero-order valence-corrected chi connectivity index (χ0v) is 18.2. The Morgan fingerprint density at radius 1 is 0.970 bits per heavy atom. The number of aromatic nitrogens is 3. The van der Waals surface area contributed by atoms with Gasteiger partial charge in [-0.1, -0.05) is 24.3 Å². The summed E-state index contributed by atoms with van der Waals surface area (Å²) in [7, 11) is 3.07. The minimum Gasteiger partial charge on any atom is -0.497 e. The van der Waals surface area contributed by atoms with Crippen LogP contribution in [0.3, 0.4) is 0 Å². The van der Waals surface area contributed by atoms with Crippen LogP contribution in [0.4, 0.5) is 10.5 Å². The number of anilines is 1. The summed E-state index contributed by atoms with van der Waals surface area (Å²) >= 11 is 0. The molecule has 2 aromatic heterocycles. The van der Waals surface area contributed by atoms with Crippen LogP contribution in [-0.4, -0.2) is 35.0 Å². The van der Waals surface area contributed by atoms with Crippen LogP contribution in [-0.2, 0) is 13.1 Å². The van der Waals surface area contributed by atoms with E-state index >= 15 is 0 Å². The Kier molecular flexibility index (Phi) is 6.49. The van der Waals surface area contributed by atoms with Crippen molar-refractivity contribution in [2.24, 2.45) is 0 Å². The molecule has 168 valence electrons. The van der Waals surface area contributed by atoms with Gasteiger partial charge in [0.25, 0.3) is 5.56 Å². The van der Waals surface area contributed by atoms with E-state index in [9.17, 15) is 9.59 Å². The number of carbonyl (C=O) groups is 1. The molecule has 0 unspecified atom stereocenters. The first-order chi connectivity index (χ1) is 16.1. The van der Waals surface area contributed by atoms with Crippen molar-refractivity contribution in [3.63, 3.8) is 0 Å². The number of pyridine rings is 1. The van der Waals surface area contributed by atoms with Gasteiger partial charge in [-0.2, -0.15) is 5.10 Å². The molecule has 0 aliphatic heterocycles. The van der Waals surface area contributed by atoms with E-state index in [0.29, 0.717) is 39.3 Å². The van der Waals surface area contributed by atoms with Gasteiger partial charge in [0.15, 0.2) is 0 Å². The molecule has 0 fully saturated rings. The first-order valence-corrected chi connectivity index (χ1v) is 10.2. The maximum atomic E-state index is 12.9. The molecule has 0 aliphatic carbocycles. The van der Waals surface area contributed by atoms with Crippen LogP contribution in [0.15, 0.2) is 71.7 Å². The molecule has 0 saturated heterocycles. The number of urea groups is 1. The van der Waals surface area contributed by atoms with Gasteiger partial charge in [0, 0.05) is 35.5 Å². The average Bonchev–Trinajstić information content (AvgIpc) is 2.85. The highest BCUT2D eigenvalue weighted by atomic mass is 16.5. The van der Waals surface area contributed by atoms with Crippen molar-refractivity contribution in [3.05, 3.63) is 88.6 Å². The number of nitrogens with zero attached hydrogens (tertiary/aromatic N) is 3. The lowest BCUT2D eigenvalue weighted by Gasteiger charge is -2.13. The van der Waals surface area contributed by atoms with Crippen LogP contribution in [0.5, 0.6) is 11.5 Å². The zero-order valence-electron chi connectivity index (χ0n) is 18.2. The molecule has 2 amide bonds. The fraction of sp³-hybridized carbons (Fsp3) is 0.167. The molecule has 0 radical (unpaired) electrons. The van der Waals surface area contributed by atoms with Crippen molar-refractivity contribution < 1.29 is 14.3 Å². The van der Waals surface area contributed by atoms with Gasteiger partial charge in [-0.25, -0.2) is 9.48 Å². The summed E-state index contributed by atoms with van der Waals surface area (Å²) in [6.07, 6.45) is 1.67. The van der Waals surface area contributed by atoms with Crippen molar-refractivity contribution in [3.8, 4) is 11.5 Å². The highest BCUT2D eigenvalue weighted by Crippen LogP contribution is 2.25. The molecule has 4 rings (SSSR count). The van der Waals surface area contributed by atoms with Crippen LogP contribution < -0.4 is 25.7 Å². The largest absolute Gasteiger partial charge is 0.497 e. The fourth-order valence-corrected chi connectivity index (χ4v) is 3.41. The molecule has 0 saturated carbocycles. The Morgan fingerprint density at radius 3 is 2.33 bits per heavy atom. The Labute approximate surface area is 190 Å². The van der Waals surface area contributed by atoms with Crippen LogP contribution >= 0.6 is 0 Å². The standard InChI is InChI=1S/C24H23N5O4/c1-32-18-11-17(12-19(13-18)33-2)27-24(31)26-14-22-20-8-3-4-9-21(20)23(30)29(28-22)15-16-7-5-6-10-25-16/h3-13H,14-15H2,1-2H3,(H2,26,27,31). The zero-order chi connectivity index (χ0) is 23.2. The molecule has 9 heteroatoms. The third kappa shape index (κ3) is 5.09. The fourth-order valence-electron chi connectivity index (χ4n) is 3.41. The molecule has 0 atom stereocenters. The molecule has 0 aliphatic rings. The van der Waals surface area contributed by atoms with Gasteiger partial charge in [-0.3, -0.25) is 9.78 Å². The third-order valence-electron chi connectivity index (χ3n) is 5.01. The molecule has 33 heavy (non-hydrogen) atoms. The van der Waals surface area contributed by atoms with Crippen molar-refractivity contribution in [2.45, 2.75) is 13.1 Å². The van der Waals surface area contributed by atoms with Crippen molar-refractivity contribution >= 4 is 22.5 Å². The summed E-state index contributed by atoms with van der Waals surface area (Å²) in [5.41, 5.74) is 1.58. The van der Waals surface area contributed by atoms with Gasteiger partial charge < -0.3 is 20.1 Å². The minimum absolute atomic E-state index is 0.121. The number of ether oxygens (including phenoxy) is 2. The predicted molar refractivity (Wildman–Crippen MR) is 125 cm³/mol. The van der Waals surface area contributed by atoms with Crippen LogP contribution in [0, 0.1) is 0 Å². The quantitative estimate of drug-likeness (QED) is 0.452. The first kappa shape index (κ1) is 21.8. The molecule has 4 aromatic rings. The lowest BCUT2D eigenvalue weighted by molar-refractivity contribution is 0.251. The first-order valence-electron chi connectivity index (χ1n) is 10.2. The molecule has 0 bridgehead atoms. The predicted octanol–water partition coefficient (Wildman–Crippen LogP) is 3.18. The summed E-state index contributed by atoms with van der Waals surface area (Å²) in [5, 5.41) is 11.3. The average molecular weight is 445 g/mol. The number of rotatable bonds is 7. The number of carbonyl (C=O) groups excluding carboxylic acids is 1. The Bertz CT molecular complexity index is 1320. The number of hydrogen-bond donors (Lipinski definition) is 2. The van der Waals surface area contributed by atoms with Gasteiger partial charge in [-0.05, 0) is 18.2 Å². The Balaban J connectivity index is 1.56. The van der Waals surface area contributed by atoms with E-state index in [-0.39, 0.29) is 18.6 Å². The third-order valence-corrected chi connectivity index (χ3v) is 5.01. The summed E-state index contributed by atoms with van der Waals surface area (Å²) in [4.78, 5) is 29.8. The normalized spacial score (nSPS) is 10.6. The van der Waals surface area contributed by atoms with E-state index in [2.05, 4.69) is 20.7 Å². The van der Waals surface area contributed by atoms with E-state index < -0.39 is 6.03 Å². The molecule has 0 spiro atoms.